The lowest BCUT2D eigenvalue weighted by atomic mass is 10.0. The number of nitrogens with zero attached hydrogens (tertiary/aromatic N) is 3. The monoisotopic (exact) mass is 375 g/mol. The smallest absolute Gasteiger partial charge is 0.410 e. The molecule has 3 rings (SSSR count). The summed E-state index contributed by atoms with van der Waals surface area (Å²) in [5, 5.41) is 14.1. The molecule has 1 atom stereocenters. The first-order valence-electron chi connectivity index (χ1n) is 9.10. The minimum absolute atomic E-state index is 0.0103. The Hall–Kier alpha value is -2.84. The highest BCUT2D eigenvalue weighted by Crippen LogP contribution is 2.23. The second-order valence-electron chi connectivity index (χ2n) is 7.75. The second kappa shape index (κ2) is 7.42. The van der Waals surface area contributed by atoms with Gasteiger partial charge < -0.3 is 19.9 Å². The quantitative estimate of drug-likeness (QED) is 0.622. The lowest BCUT2D eigenvalue weighted by Gasteiger charge is -2.36. The van der Waals surface area contributed by atoms with E-state index in [9.17, 15) is 14.9 Å². The number of carbonyl (C=O) groups excluding carboxylic acids is 1. The number of non-ortho nitro benzene ring substituents is 1. The first-order valence-corrected chi connectivity index (χ1v) is 9.10. The maximum Gasteiger partial charge on any atom is 0.410 e. The Balaban J connectivity index is 1.67. The van der Waals surface area contributed by atoms with Gasteiger partial charge in [-0.3, -0.25) is 10.1 Å². The van der Waals surface area contributed by atoms with Crippen LogP contribution in [0.3, 0.4) is 0 Å². The summed E-state index contributed by atoms with van der Waals surface area (Å²) in [6, 6.07) is 4.51. The van der Waals surface area contributed by atoms with Crippen molar-refractivity contribution in [2.75, 3.05) is 18.4 Å². The molecule has 2 N–H and O–H groups in total. The minimum Gasteiger partial charge on any atom is -0.444 e. The van der Waals surface area contributed by atoms with Gasteiger partial charge >= 0.3 is 6.09 Å². The molecule has 146 valence electrons. The van der Waals surface area contributed by atoms with Gasteiger partial charge in [0.2, 0.25) is 5.95 Å². The highest BCUT2D eigenvalue weighted by molar-refractivity contribution is 5.79. The van der Waals surface area contributed by atoms with Crippen LogP contribution in [0.25, 0.3) is 11.0 Å². The van der Waals surface area contributed by atoms with Crippen LogP contribution in [0.4, 0.5) is 16.4 Å². The normalized spacial score (nSPS) is 17.7. The van der Waals surface area contributed by atoms with Gasteiger partial charge in [-0.2, -0.15) is 0 Å². The van der Waals surface area contributed by atoms with Crippen molar-refractivity contribution in [1.29, 1.82) is 0 Å². The molecule has 0 spiro atoms. The van der Waals surface area contributed by atoms with Crippen LogP contribution in [-0.4, -0.2) is 50.6 Å². The third kappa shape index (κ3) is 4.66. The van der Waals surface area contributed by atoms with Gasteiger partial charge in [0.05, 0.1) is 22.0 Å². The van der Waals surface area contributed by atoms with E-state index < -0.39 is 10.5 Å². The molecule has 27 heavy (non-hydrogen) atoms. The predicted octanol–water partition coefficient (Wildman–Crippen LogP) is 3.67. The Morgan fingerprint density at radius 1 is 1.44 bits per heavy atom. The first kappa shape index (κ1) is 18.9. The minimum atomic E-state index is -0.528. The fourth-order valence-electron chi connectivity index (χ4n) is 3.18. The molecule has 1 aromatic carbocycles. The van der Waals surface area contributed by atoms with Crippen LogP contribution in [0.5, 0.6) is 0 Å². The number of benzene rings is 1. The van der Waals surface area contributed by atoms with Crippen LogP contribution in [-0.2, 0) is 4.74 Å². The van der Waals surface area contributed by atoms with E-state index in [1.54, 1.807) is 11.0 Å². The first-order chi connectivity index (χ1) is 12.7. The molecule has 0 saturated carbocycles. The zero-order chi connectivity index (χ0) is 19.6. The Morgan fingerprint density at radius 3 is 2.93 bits per heavy atom. The van der Waals surface area contributed by atoms with Crippen LogP contribution < -0.4 is 5.32 Å². The summed E-state index contributed by atoms with van der Waals surface area (Å²) >= 11 is 0. The average molecular weight is 375 g/mol. The van der Waals surface area contributed by atoms with Gasteiger partial charge in [-0.15, -0.1) is 0 Å². The lowest BCUT2D eigenvalue weighted by molar-refractivity contribution is -0.384. The molecule has 1 saturated heterocycles. The Kier molecular flexibility index (Phi) is 5.20. The molecule has 1 fully saturated rings. The fraction of sp³-hybridized carbons (Fsp3) is 0.556. The molecule has 2 heterocycles. The molecule has 9 nitrogen and oxygen atoms in total. The zero-order valence-corrected chi connectivity index (χ0v) is 15.8. The van der Waals surface area contributed by atoms with E-state index in [4.69, 9.17) is 4.74 Å². The number of ether oxygens (including phenoxy) is 1. The van der Waals surface area contributed by atoms with Crippen molar-refractivity contribution in [2.45, 2.75) is 51.7 Å². The van der Waals surface area contributed by atoms with E-state index in [1.165, 1.54) is 12.1 Å². The summed E-state index contributed by atoms with van der Waals surface area (Å²) in [5.74, 6) is 0.528. The molecule has 0 bridgehead atoms. The molecule has 1 amide bonds. The van der Waals surface area contributed by atoms with Crippen molar-refractivity contribution in [1.82, 2.24) is 14.9 Å². The summed E-state index contributed by atoms with van der Waals surface area (Å²) in [6.45, 7) is 6.77. The van der Waals surface area contributed by atoms with E-state index in [1.807, 2.05) is 20.8 Å². The number of hydrogen-bond donors (Lipinski definition) is 2. The van der Waals surface area contributed by atoms with Crippen molar-refractivity contribution in [3.8, 4) is 0 Å². The van der Waals surface area contributed by atoms with Crippen molar-refractivity contribution in [3.63, 3.8) is 0 Å². The number of nitro groups is 1. The summed E-state index contributed by atoms with van der Waals surface area (Å²) in [6.07, 6.45) is 2.61. The third-order valence-electron chi connectivity index (χ3n) is 4.44. The molecule has 0 unspecified atom stereocenters. The number of aromatic nitrogens is 2. The van der Waals surface area contributed by atoms with Gasteiger partial charge in [0.25, 0.3) is 5.69 Å². The fourth-order valence-corrected chi connectivity index (χ4v) is 3.18. The molecule has 1 aromatic heterocycles. The van der Waals surface area contributed by atoms with Crippen molar-refractivity contribution >= 4 is 28.8 Å². The summed E-state index contributed by atoms with van der Waals surface area (Å²) < 4.78 is 5.52. The number of nitro benzene ring substituents is 1. The molecular weight excluding hydrogens is 350 g/mol. The molecular formula is C18H25N5O4. The number of aromatic amines is 1. The Labute approximate surface area is 157 Å². The number of nitrogens with one attached hydrogen (secondary N) is 2. The van der Waals surface area contributed by atoms with Gasteiger partial charge in [-0.05, 0) is 46.1 Å². The molecule has 0 aliphatic carbocycles. The SMILES string of the molecule is CC(C)(C)OC(=O)N1CCCC[C@H]1CNc1nc2ccc([N+](=O)[O-])cc2[nH]1. The summed E-state index contributed by atoms with van der Waals surface area (Å²) in [5.41, 5.74) is 0.733. The number of H-pyrrole nitrogens is 1. The number of hydrogen-bond acceptors (Lipinski definition) is 6. The Morgan fingerprint density at radius 2 is 2.22 bits per heavy atom. The highest BCUT2D eigenvalue weighted by Gasteiger charge is 2.30. The Bertz CT molecular complexity index is 842. The predicted molar refractivity (Wildman–Crippen MR) is 102 cm³/mol. The van der Waals surface area contributed by atoms with E-state index in [0.29, 0.717) is 30.1 Å². The van der Waals surface area contributed by atoms with Crippen LogP contribution in [0.15, 0.2) is 18.2 Å². The second-order valence-corrected chi connectivity index (χ2v) is 7.75. The number of amides is 1. The summed E-state index contributed by atoms with van der Waals surface area (Å²) in [4.78, 5) is 32.1. The maximum absolute atomic E-state index is 12.5. The summed E-state index contributed by atoms with van der Waals surface area (Å²) in [7, 11) is 0. The van der Waals surface area contributed by atoms with Crippen LogP contribution >= 0.6 is 0 Å². The number of carbonyl (C=O) groups is 1. The third-order valence-corrected chi connectivity index (χ3v) is 4.44. The lowest BCUT2D eigenvalue weighted by Crippen LogP contribution is -2.48. The van der Waals surface area contributed by atoms with E-state index in [2.05, 4.69) is 15.3 Å². The number of likely N-dealkylation sites (tertiary alicyclic amines) is 1. The van der Waals surface area contributed by atoms with Gasteiger partial charge in [0.15, 0.2) is 0 Å². The van der Waals surface area contributed by atoms with Crippen molar-refractivity contribution in [2.24, 2.45) is 0 Å². The standard InChI is InChI=1S/C18H25N5O4/c1-18(2,3)27-17(24)22-9-5-4-6-13(22)11-19-16-20-14-8-7-12(23(25)26)10-15(14)21-16/h7-8,10,13H,4-6,9,11H2,1-3H3,(H2,19,20,21)/t13-/m0/s1. The van der Waals surface area contributed by atoms with E-state index >= 15 is 0 Å². The van der Waals surface area contributed by atoms with Crippen LogP contribution in [0.2, 0.25) is 0 Å². The maximum atomic E-state index is 12.5. The van der Waals surface area contributed by atoms with Gasteiger partial charge in [0, 0.05) is 25.2 Å². The number of piperidine rings is 1. The van der Waals surface area contributed by atoms with Crippen LogP contribution in [0, 0.1) is 10.1 Å². The van der Waals surface area contributed by atoms with E-state index in [0.717, 1.165) is 19.3 Å². The molecule has 1 aliphatic rings. The van der Waals surface area contributed by atoms with Crippen molar-refractivity contribution < 1.29 is 14.5 Å². The molecule has 1 aliphatic heterocycles. The van der Waals surface area contributed by atoms with Gasteiger partial charge in [0.1, 0.15) is 5.60 Å². The van der Waals surface area contributed by atoms with Crippen molar-refractivity contribution in [3.05, 3.63) is 28.3 Å². The van der Waals surface area contributed by atoms with E-state index in [-0.39, 0.29) is 17.8 Å². The highest BCUT2D eigenvalue weighted by atomic mass is 16.6. The average Bonchev–Trinajstić information content (AvgIpc) is 3.00. The molecule has 9 heteroatoms. The molecule has 2 aromatic rings. The largest absolute Gasteiger partial charge is 0.444 e. The topological polar surface area (TPSA) is 113 Å². The van der Waals surface area contributed by atoms with Gasteiger partial charge in [-0.1, -0.05) is 0 Å². The number of rotatable bonds is 4. The number of anilines is 1. The van der Waals surface area contributed by atoms with Crippen LogP contribution in [0.1, 0.15) is 40.0 Å². The number of fused-ring (bicyclic) bond motifs is 1. The van der Waals surface area contributed by atoms with Gasteiger partial charge in [-0.25, -0.2) is 9.78 Å². The molecule has 0 radical (unpaired) electrons. The number of imidazole rings is 1. The zero-order valence-electron chi connectivity index (χ0n) is 15.8.